The quantitative estimate of drug-likeness (QED) is 0.626. The molecule has 0 saturated heterocycles. The Morgan fingerprint density at radius 2 is 2.17 bits per heavy atom. The number of nitrogens with zero attached hydrogens (tertiary/aromatic N) is 2. The average molecular weight is 279 g/mol. The summed E-state index contributed by atoms with van der Waals surface area (Å²) in [5, 5.41) is 4.25. The van der Waals surface area contributed by atoms with Crippen LogP contribution in [0.4, 0.5) is 0 Å². The average Bonchev–Trinajstić information content (AvgIpc) is 2.82. The molecule has 1 heterocycles. The molecule has 1 atom stereocenters. The molecule has 0 aromatic carbocycles. The largest absolute Gasteiger partial charge is 0.301 e. The molecule has 2 radical (unpaired) electrons. The van der Waals surface area contributed by atoms with Gasteiger partial charge >= 0.3 is 0 Å². The fourth-order valence-corrected chi connectivity index (χ4v) is 1.56. The van der Waals surface area contributed by atoms with Gasteiger partial charge in [-0.3, -0.25) is 4.99 Å². The summed E-state index contributed by atoms with van der Waals surface area (Å²) < 4.78 is 0. The van der Waals surface area contributed by atoms with Crippen LogP contribution in [0.25, 0.3) is 0 Å². The van der Waals surface area contributed by atoms with Gasteiger partial charge in [0.25, 0.3) is 0 Å². The molecule has 2 rings (SSSR count). The van der Waals surface area contributed by atoms with E-state index in [1.807, 2.05) is 32.1 Å². The molecule has 1 unspecified atom stereocenters. The van der Waals surface area contributed by atoms with Crippen molar-refractivity contribution in [1.29, 1.82) is 0 Å². The Morgan fingerprint density at radius 1 is 1.44 bits per heavy atom. The summed E-state index contributed by atoms with van der Waals surface area (Å²) >= 11 is 0. The van der Waals surface area contributed by atoms with Crippen molar-refractivity contribution in [3.63, 3.8) is 0 Å². The second kappa shape index (κ2) is 8.73. The second-order valence-corrected chi connectivity index (χ2v) is 3.29. The van der Waals surface area contributed by atoms with Crippen LogP contribution in [0.15, 0.2) is 58.3 Å². The van der Waals surface area contributed by atoms with Crippen LogP contribution in [-0.4, -0.2) is 18.5 Å². The summed E-state index contributed by atoms with van der Waals surface area (Å²) in [5.74, 6) is 0. The van der Waals surface area contributed by atoms with E-state index in [1.54, 1.807) is 12.3 Å². The van der Waals surface area contributed by atoms with Gasteiger partial charge in [0, 0.05) is 36.7 Å². The van der Waals surface area contributed by atoms with Gasteiger partial charge in [-0.1, -0.05) is 38.7 Å². The van der Waals surface area contributed by atoms with Crippen molar-refractivity contribution in [3.8, 4) is 0 Å². The zero-order valence-electron chi connectivity index (χ0n) is 10.8. The first kappa shape index (κ1) is 16.7. The summed E-state index contributed by atoms with van der Waals surface area (Å²) in [6.07, 6.45) is 11.5. The summed E-state index contributed by atoms with van der Waals surface area (Å²) in [7, 11) is 0. The number of aliphatic imine (C=N–C) groups is 1. The van der Waals surface area contributed by atoms with Gasteiger partial charge in [-0.25, -0.2) is 0 Å². The monoisotopic (exact) mass is 279 g/mol. The third-order valence-electron chi connectivity index (χ3n) is 2.30. The van der Waals surface area contributed by atoms with E-state index in [9.17, 15) is 0 Å². The first-order chi connectivity index (χ1) is 8.33. The topological polar surface area (TPSA) is 36.8 Å². The Bertz CT molecular complexity index is 417. The minimum absolute atomic E-state index is 0. The Hall–Kier alpha value is -1.32. The molecule has 94 valence electrons. The number of hydrogen-bond acceptors (Lipinski definition) is 3. The molecule has 0 aromatic rings. The van der Waals surface area contributed by atoms with Crippen LogP contribution in [-0.2, 0) is 18.6 Å². The fourth-order valence-electron chi connectivity index (χ4n) is 1.56. The Kier molecular flexibility index (Phi) is 8.09. The first-order valence-electron chi connectivity index (χ1n) is 5.70. The van der Waals surface area contributed by atoms with Crippen molar-refractivity contribution in [3.05, 3.63) is 54.7 Å². The Morgan fingerprint density at radius 3 is 2.83 bits per heavy atom. The summed E-state index contributed by atoms with van der Waals surface area (Å²) in [4.78, 5) is 3.64. The molecule has 0 bridgehead atoms. The van der Waals surface area contributed by atoms with Crippen LogP contribution < -0.4 is 5.43 Å². The first-order valence-corrected chi connectivity index (χ1v) is 5.70. The van der Waals surface area contributed by atoms with Crippen LogP contribution in [0.1, 0.15) is 13.8 Å². The van der Waals surface area contributed by atoms with Crippen molar-refractivity contribution in [2.75, 3.05) is 0 Å². The van der Waals surface area contributed by atoms with Crippen LogP contribution in [0.3, 0.4) is 0 Å². The van der Waals surface area contributed by atoms with E-state index in [1.165, 1.54) is 0 Å². The summed E-state index contributed by atoms with van der Waals surface area (Å²) in [5.41, 5.74) is 5.92. The number of rotatable bonds is 3. The van der Waals surface area contributed by atoms with Gasteiger partial charge in [0.2, 0.25) is 0 Å². The van der Waals surface area contributed by atoms with Crippen molar-refractivity contribution < 1.29 is 18.6 Å². The molecule has 1 aliphatic carbocycles. The molecule has 0 aromatic heterocycles. The fraction of sp³-hybridized carbons (Fsp3) is 0.214. The molecule has 0 saturated carbocycles. The molecule has 18 heavy (non-hydrogen) atoms. The zero-order chi connectivity index (χ0) is 12.7. The third kappa shape index (κ3) is 3.86. The van der Waals surface area contributed by atoms with E-state index >= 15 is 0 Å². The maximum Gasteiger partial charge on any atom is 0.0949 e. The molecule has 1 N–H and O–H groups in total. The van der Waals surface area contributed by atoms with Crippen LogP contribution in [0.2, 0.25) is 0 Å². The molecule has 3 nitrogen and oxygen atoms in total. The van der Waals surface area contributed by atoms with Crippen LogP contribution in [0.5, 0.6) is 0 Å². The second-order valence-electron chi connectivity index (χ2n) is 3.29. The van der Waals surface area contributed by atoms with E-state index in [-0.39, 0.29) is 24.6 Å². The molecule has 1 aliphatic heterocycles. The zero-order valence-corrected chi connectivity index (χ0v) is 12.2. The van der Waals surface area contributed by atoms with E-state index in [0.29, 0.717) is 0 Å². The van der Waals surface area contributed by atoms with Crippen molar-refractivity contribution >= 4 is 12.4 Å². The van der Waals surface area contributed by atoms with Crippen molar-refractivity contribution in [2.24, 2.45) is 10.1 Å². The van der Waals surface area contributed by atoms with Gasteiger partial charge in [0.05, 0.1) is 11.8 Å². The van der Waals surface area contributed by atoms with E-state index < -0.39 is 0 Å². The van der Waals surface area contributed by atoms with E-state index in [4.69, 9.17) is 0 Å². The maximum absolute atomic E-state index is 4.25. The molecular weight excluding hydrogens is 261 g/mol. The van der Waals surface area contributed by atoms with Gasteiger partial charge < -0.3 is 5.43 Å². The molecule has 0 amide bonds. The number of fused-ring (bicyclic) bond motifs is 1. The molecule has 4 heteroatoms. The van der Waals surface area contributed by atoms with Crippen LogP contribution in [0, 0.1) is 6.42 Å². The van der Waals surface area contributed by atoms with Gasteiger partial charge in [0.15, 0.2) is 0 Å². The molecular formula is C14H18N3V. The smallest absolute Gasteiger partial charge is 0.0949 e. The Labute approximate surface area is 121 Å². The van der Waals surface area contributed by atoms with Gasteiger partial charge in [0.1, 0.15) is 0 Å². The van der Waals surface area contributed by atoms with Crippen LogP contribution >= 0.6 is 0 Å². The summed E-state index contributed by atoms with van der Waals surface area (Å²) in [6, 6.07) is 0.187. The minimum atomic E-state index is 0. The number of nitrogens with one attached hydrogen (secondary N) is 1. The minimum Gasteiger partial charge on any atom is -0.301 e. The predicted octanol–water partition coefficient (Wildman–Crippen LogP) is 2.81. The third-order valence-corrected chi connectivity index (χ3v) is 2.30. The molecule has 2 aliphatic rings. The molecule has 0 fully saturated rings. The van der Waals surface area contributed by atoms with Gasteiger partial charge in [-0.15, -0.1) is 0 Å². The number of allylic oxidation sites excluding steroid dienone is 4. The summed E-state index contributed by atoms with van der Waals surface area (Å²) in [6.45, 7) is 11.3. The maximum atomic E-state index is 4.25. The van der Waals surface area contributed by atoms with Crippen molar-refractivity contribution in [1.82, 2.24) is 5.43 Å². The predicted molar refractivity (Wildman–Crippen MR) is 75.1 cm³/mol. The number of hydrazone groups is 1. The van der Waals surface area contributed by atoms with E-state index in [2.05, 4.69) is 35.2 Å². The number of hydrogen-bond donors (Lipinski definition) is 1. The van der Waals surface area contributed by atoms with Gasteiger partial charge in [-0.2, -0.15) is 5.10 Å². The Balaban J connectivity index is 0.000000917. The van der Waals surface area contributed by atoms with Crippen molar-refractivity contribution in [2.45, 2.75) is 19.9 Å². The SMILES string of the molecule is C=N/C=C\C(=C)C1=NNC2[CH]C=CC=C12.CC.[V]. The standard InChI is InChI=1S/C12H12N3.C2H6.V/c1-9(7-8-13-2)12-10-5-3-4-6-11(10)14-15-12;1-2;/h3-8,11,14H,1-2H2;1-2H3;/b8-7-;;. The van der Waals surface area contributed by atoms with Gasteiger partial charge in [-0.05, 0) is 18.4 Å². The normalized spacial score (nSPS) is 19.6. The molecule has 0 spiro atoms. The van der Waals surface area contributed by atoms with E-state index in [0.717, 1.165) is 16.9 Å².